The number of nitrogens with zero attached hydrogens (tertiary/aromatic N) is 4. The maximum absolute atomic E-state index is 4.22. The SMILES string of the molecule is Brc1ccc(-c2cnc3ncnn3c2)cc1. The molecule has 0 aliphatic heterocycles. The van der Waals surface area contributed by atoms with Crippen molar-refractivity contribution in [1.82, 2.24) is 19.6 Å². The smallest absolute Gasteiger partial charge is 0.219 e. The normalized spacial score (nSPS) is 10.8. The third-order valence-electron chi connectivity index (χ3n) is 2.31. The van der Waals surface area contributed by atoms with Gasteiger partial charge in [-0.05, 0) is 17.7 Å². The van der Waals surface area contributed by atoms with Crippen LogP contribution in [0.3, 0.4) is 0 Å². The number of aromatic nitrogens is 4. The Kier molecular flexibility index (Phi) is 2.18. The van der Waals surface area contributed by atoms with E-state index in [0.717, 1.165) is 15.6 Å². The molecule has 0 saturated carbocycles. The second-order valence-electron chi connectivity index (χ2n) is 3.35. The fraction of sp³-hybridized carbons (Fsp3) is 0. The molecule has 0 saturated heterocycles. The molecule has 3 rings (SSSR count). The number of benzene rings is 1. The van der Waals surface area contributed by atoms with Crippen molar-refractivity contribution in [3.05, 3.63) is 47.5 Å². The average Bonchev–Trinajstić information content (AvgIpc) is 2.77. The Balaban J connectivity index is 2.14. The summed E-state index contributed by atoms with van der Waals surface area (Å²) in [5.74, 6) is 0.612. The zero-order valence-electron chi connectivity index (χ0n) is 8.21. The van der Waals surface area contributed by atoms with Gasteiger partial charge in [-0.2, -0.15) is 10.1 Å². The van der Waals surface area contributed by atoms with E-state index in [2.05, 4.69) is 31.0 Å². The van der Waals surface area contributed by atoms with Gasteiger partial charge in [0.15, 0.2) is 0 Å². The summed E-state index contributed by atoms with van der Waals surface area (Å²) in [6.45, 7) is 0. The Morgan fingerprint density at radius 2 is 1.81 bits per heavy atom. The van der Waals surface area contributed by atoms with Crippen LogP contribution >= 0.6 is 15.9 Å². The van der Waals surface area contributed by atoms with Crippen molar-refractivity contribution in [2.45, 2.75) is 0 Å². The molecule has 0 bridgehead atoms. The van der Waals surface area contributed by atoms with Crippen LogP contribution in [0.2, 0.25) is 0 Å². The summed E-state index contributed by atoms with van der Waals surface area (Å²) in [6.07, 6.45) is 5.21. The van der Waals surface area contributed by atoms with Gasteiger partial charge in [0.2, 0.25) is 0 Å². The van der Waals surface area contributed by atoms with Crippen LogP contribution in [0.5, 0.6) is 0 Å². The van der Waals surface area contributed by atoms with E-state index in [9.17, 15) is 0 Å². The van der Waals surface area contributed by atoms with Crippen LogP contribution < -0.4 is 0 Å². The molecule has 0 amide bonds. The van der Waals surface area contributed by atoms with Gasteiger partial charge >= 0.3 is 0 Å². The molecule has 0 aliphatic carbocycles. The Bertz CT molecular complexity index is 630. The van der Waals surface area contributed by atoms with E-state index in [4.69, 9.17) is 0 Å². The number of rotatable bonds is 1. The van der Waals surface area contributed by atoms with Crippen LogP contribution in [0, 0.1) is 0 Å². The van der Waals surface area contributed by atoms with Gasteiger partial charge in [-0.3, -0.25) is 0 Å². The largest absolute Gasteiger partial charge is 0.252 e. The fourth-order valence-electron chi connectivity index (χ4n) is 1.51. The summed E-state index contributed by atoms with van der Waals surface area (Å²) >= 11 is 3.41. The lowest BCUT2D eigenvalue weighted by Gasteiger charge is -2.01. The minimum Gasteiger partial charge on any atom is -0.219 e. The third-order valence-corrected chi connectivity index (χ3v) is 2.84. The highest BCUT2D eigenvalue weighted by Gasteiger charge is 2.01. The first-order valence-corrected chi connectivity index (χ1v) is 5.53. The molecule has 0 N–H and O–H groups in total. The molecule has 0 fully saturated rings. The number of halogens is 1. The molecule has 0 radical (unpaired) electrons. The van der Waals surface area contributed by atoms with Gasteiger partial charge in [-0.15, -0.1) is 0 Å². The molecule has 0 aliphatic rings. The van der Waals surface area contributed by atoms with E-state index in [0.29, 0.717) is 5.78 Å². The van der Waals surface area contributed by atoms with Crippen molar-refractivity contribution in [1.29, 1.82) is 0 Å². The summed E-state index contributed by atoms with van der Waals surface area (Å²) in [5, 5.41) is 4.06. The maximum atomic E-state index is 4.22. The highest BCUT2D eigenvalue weighted by atomic mass is 79.9. The Labute approximate surface area is 100 Å². The fourth-order valence-corrected chi connectivity index (χ4v) is 1.78. The van der Waals surface area contributed by atoms with Crippen LogP contribution in [0.1, 0.15) is 0 Å². The molecule has 4 nitrogen and oxygen atoms in total. The quantitative estimate of drug-likeness (QED) is 0.685. The summed E-state index contributed by atoms with van der Waals surface area (Å²) in [7, 11) is 0. The van der Waals surface area contributed by atoms with Gasteiger partial charge in [0.1, 0.15) is 6.33 Å². The van der Waals surface area contributed by atoms with Crippen molar-refractivity contribution in [2.24, 2.45) is 0 Å². The minimum absolute atomic E-state index is 0.612. The molecular weight excluding hydrogens is 268 g/mol. The van der Waals surface area contributed by atoms with E-state index in [-0.39, 0.29) is 0 Å². The molecule has 1 aromatic carbocycles. The van der Waals surface area contributed by atoms with E-state index in [1.165, 1.54) is 6.33 Å². The predicted molar refractivity (Wildman–Crippen MR) is 63.9 cm³/mol. The van der Waals surface area contributed by atoms with Crippen molar-refractivity contribution >= 4 is 21.7 Å². The van der Waals surface area contributed by atoms with E-state index >= 15 is 0 Å². The molecule has 3 aromatic rings. The van der Waals surface area contributed by atoms with Crippen LogP contribution in [0.15, 0.2) is 47.5 Å². The van der Waals surface area contributed by atoms with E-state index in [1.54, 1.807) is 10.7 Å². The number of hydrogen-bond donors (Lipinski definition) is 0. The maximum Gasteiger partial charge on any atom is 0.252 e. The van der Waals surface area contributed by atoms with Crippen molar-refractivity contribution in [3.8, 4) is 11.1 Å². The van der Waals surface area contributed by atoms with Gasteiger partial charge in [-0.1, -0.05) is 28.1 Å². The highest BCUT2D eigenvalue weighted by molar-refractivity contribution is 9.10. The second-order valence-corrected chi connectivity index (χ2v) is 4.27. The van der Waals surface area contributed by atoms with Crippen molar-refractivity contribution in [2.75, 3.05) is 0 Å². The zero-order valence-corrected chi connectivity index (χ0v) is 9.79. The molecule has 5 heteroatoms. The molecule has 16 heavy (non-hydrogen) atoms. The summed E-state index contributed by atoms with van der Waals surface area (Å²) < 4.78 is 2.73. The Hall–Kier alpha value is -1.75. The number of fused-ring (bicyclic) bond motifs is 1. The van der Waals surface area contributed by atoms with Crippen molar-refractivity contribution in [3.63, 3.8) is 0 Å². The summed E-state index contributed by atoms with van der Waals surface area (Å²) in [6, 6.07) is 8.06. The predicted octanol–water partition coefficient (Wildman–Crippen LogP) is 2.55. The minimum atomic E-state index is 0.612. The molecule has 2 aromatic heterocycles. The van der Waals surface area contributed by atoms with E-state index < -0.39 is 0 Å². The standard InChI is InChI=1S/C11H7BrN4/c12-10-3-1-8(2-4-10)9-5-13-11-14-7-15-16(11)6-9/h1-7H. The monoisotopic (exact) mass is 274 g/mol. The highest BCUT2D eigenvalue weighted by Crippen LogP contribution is 2.20. The lowest BCUT2D eigenvalue weighted by molar-refractivity contribution is 0.941. The van der Waals surface area contributed by atoms with Gasteiger partial charge in [-0.25, -0.2) is 9.50 Å². The van der Waals surface area contributed by atoms with Crippen molar-refractivity contribution < 1.29 is 0 Å². The van der Waals surface area contributed by atoms with Crippen LogP contribution in [0.4, 0.5) is 0 Å². The second kappa shape index (κ2) is 3.68. The zero-order chi connectivity index (χ0) is 11.0. The average molecular weight is 275 g/mol. The molecule has 0 spiro atoms. The summed E-state index contributed by atoms with van der Waals surface area (Å²) in [5.41, 5.74) is 2.12. The lowest BCUT2D eigenvalue weighted by atomic mass is 10.1. The van der Waals surface area contributed by atoms with Crippen LogP contribution in [-0.4, -0.2) is 19.6 Å². The molecule has 0 atom stereocenters. The third kappa shape index (κ3) is 1.59. The Morgan fingerprint density at radius 3 is 2.62 bits per heavy atom. The molecular formula is C11H7BrN4. The first-order chi connectivity index (χ1) is 7.83. The topological polar surface area (TPSA) is 43.1 Å². The van der Waals surface area contributed by atoms with Gasteiger partial charge in [0, 0.05) is 22.4 Å². The van der Waals surface area contributed by atoms with Crippen LogP contribution in [0.25, 0.3) is 16.9 Å². The van der Waals surface area contributed by atoms with Gasteiger partial charge in [0.05, 0.1) is 0 Å². The molecule has 2 heterocycles. The first-order valence-electron chi connectivity index (χ1n) is 4.74. The Morgan fingerprint density at radius 1 is 1.00 bits per heavy atom. The lowest BCUT2D eigenvalue weighted by Crippen LogP contribution is -1.91. The summed E-state index contributed by atoms with van der Waals surface area (Å²) in [4.78, 5) is 8.22. The van der Waals surface area contributed by atoms with E-state index in [1.807, 2.05) is 30.5 Å². The molecule has 0 unspecified atom stereocenters. The first kappa shape index (κ1) is 9.47. The number of hydrogen-bond acceptors (Lipinski definition) is 3. The van der Waals surface area contributed by atoms with Gasteiger partial charge in [0.25, 0.3) is 5.78 Å². The van der Waals surface area contributed by atoms with Crippen LogP contribution in [-0.2, 0) is 0 Å². The van der Waals surface area contributed by atoms with Gasteiger partial charge < -0.3 is 0 Å². The molecule has 78 valence electrons.